The van der Waals surface area contributed by atoms with Gasteiger partial charge in [0.1, 0.15) is 17.6 Å². The van der Waals surface area contributed by atoms with Gasteiger partial charge in [-0.15, -0.1) is 0 Å². The number of unbranched alkanes of at least 4 members (excludes halogenated alkanes) is 1. The zero-order valence-corrected chi connectivity index (χ0v) is 35.8. The van der Waals surface area contributed by atoms with Crippen molar-refractivity contribution in [2.45, 2.75) is 76.4 Å². The summed E-state index contributed by atoms with van der Waals surface area (Å²) in [5.41, 5.74) is 2.62. The molecular formula is C47H57N9O7. The predicted octanol–water partition coefficient (Wildman–Crippen LogP) is 3.28. The lowest BCUT2D eigenvalue weighted by atomic mass is 9.91. The molecule has 1 unspecified atom stereocenters. The molecule has 0 saturated carbocycles. The molecule has 5 aliphatic rings. The second-order valence-corrected chi connectivity index (χ2v) is 17.2. The fourth-order valence-electron chi connectivity index (χ4n) is 9.50. The molecule has 8 rings (SSSR count). The quantitative estimate of drug-likeness (QED) is 0.138. The minimum absolute atomic E-state index is 0.0379. The Morgan fingerprint density at radius 3 is 2.38 bits per heavy atom. The van der Waals surface area contributed by atoms with Crippen molar-refractivity contribution >= 4 is 47.3 Å². The number of carbonyl (C=O) groups is 6. The van der Waals surface area contributed by atoms with Gasteiger partial charge >= 0.3 is 0 Å². The van der Waals surface area contributed by atoms with Gasteiger partial charge in [-0.3, -0.25) is 44.0 Å². The van der Waals surface area contributed by atoms with Crippen molar-refractivity contribution in [2.75, 3.05) is 70.4 Å². The highest BCUT2D eigenvalue weighted by Gasteiger charge is 2.40. The maximum absolute atomic E-state index is 13.4. The molecule has 1 aromatic carbocycles. The molecule has 3 aromatic rings. The van der Waals surface area contributed by atoms with Crippen LogP contribution in [0.4, 0.5) is 5.82 Å². The maximum atomic E-state index is 13.4. The highest BCUT2D eigenvalue weighted by atomic mass is 16.5. The van der Waals surface area contributed by atoms with Crippen molar-refractivity contribution in [3.05, 3.63) is 89.4 Å². The summed E-state index contributed by atoms with van der Waals surface area (Å²) in [5, 5.41) is 5.28. The Bertz CT molecular complexity index is 2160. The molecule has 4 fully saturated rings. The van der Waals surface area contributed by atoms with Gasteiger partial charge in [-0.1, -0.05) is 25.0 Å². The van der Waals surface area contributed by atoms with Crippen LogP contribution in [0, 0.1) is 5.92 Å². The first-order valence-electron chi connectivity index (χ1n) is 22.5. The first-order valence-corrected chi connectivity index (χ1v) is 22.5. The number of aromatic nitrogens is 2. The largest absolute Gasteiger partial charge is 0.483 e. The Balaban J connectivity index is 0.704. The Morgan fingerprint density at radius 1 is 0.841 bits per heavy atom. The Labute approximate surface area is 368 Å². The molecule has 16 heteroatoms. The number of piperazine rings is 1. The van der Waals surface area contributed by atoms with E-state index in [1.165, 1.54) is 4.90 Å². The van der Waals surface area contributed by atoms with Crippen molar-refractivity contribution in [1.29, 1.82) is 0 Å². The fraction of sp³-hybridized carbons (Fsp3) is 0.489. The molecule has 16 nitrogen and oxygen atoms in total. The third-order valence-electron chi connectivity index (χ3n) is 13.2. The van der Waals surface area contributed by atoms with Crippen LogP contribution >= 0.6 is 0 Å². The number of carbonyl (C=O) groups excluding carboxylic acids is 6. The van der Waals surface area contributed by atoms with E-state index in [1.807, 2.05) is 34.1 Å². The SMILES string of the molecule is O=C(/C=C/c1cccnc1)NCCCCC1CCN(C(=O)c2ccc(N3CCC(N4CCN(C(=O)COc5cccc6c5CN(C5CCC(=O)NC5=O)C6=O)CC4)CC3)nc2)CC1. The number of amides is 6. The van der Waals surface area contributed by atoms with E-state index in [0.717, 1.165) is 95.6 Å². The molecule has 0 radical (unpaired) electrons. The van der Waals surface area contributed by atoms with E-state index < -0.39 is 11.9 Å². The Hall–Kier alpha value is -6.16. The monoisotopic (exact) mass is 859 g/mol. The van der Waals surface area contributed by atoms with Crippen molar-refractivity contribution < 1.29 is 33.5 Å². The van der Waals surface area contributed by atoms with Crippen LogP contribution in [0.5, 0.6) is 5.75 Å². The second-order valence-electron chi connectivity index (χ2n) is 17.2. The van der Waals surface area contributed by atoms with Crippen molar-refractivity contribution in [3.8, 4) is 5.75 Å². The number of pyridine rings is 2. The normalized spacial score (nSPS) is 20.3. The maximum Gasteiger partial charge on any atom is 0.260 e. The number of piperidine rings is 3. The smallest absolute Gasteiger partial charge is 0.260 e. The third kappa shape index (κ3) is 10.7. The van der Waals surface area contributed by atoms with Gasteiger partial charge in [0, 0.05) is 107 Å². The number of rotatable bonds is 14. The van der Waals surface area contributed by atoms with Crippen molar-refractivity contribution in [3.63, 3.8) is 0 Å². The van der Waals surface area contributed by atoms with Gasteiger partial charge in [0.15, 0.2) is 6.61 Å². The van der Waals surface area contributed by atoms with E-state index in [-0.39, 0.29) is 55.5 Å². The summed E-state index contributed by atoms with van der Waals surface area (Å²) < 4.78 is 6.00. The number of likely N-dealkylation sites (tertiary alicyclic amines) is 1. The van der Waals surface area contributed by atoms with Crippen LogP contribution in [0.1, 0.15) is 89.6 Å². The highest BCUT2D eigenvalue weighted by molar-refractivity contribution is 6.05. The molecule has 7 heterocycles. The van der Waals surface area contributed by atoms with E-state index in [9.17, 15) is 28.8 Å². The van der Waals surface area contributed by atoms with E-state index in [4.69, 9.17) is 9.72 Å². The summed E-state index contributed by atoms with van der Waals surface area (Å²) in [7, 11) is 0. The fourth-order valence-corrected chi connectivity index (χ4v) is 9.50. The zero-order chi connectivity index (χ0) is 43.7. The Morgan fingerprint density at radius 2 is 1.65 bits per heavy atom. The number of hydrogen-bond acceptors (Lipinski definition) is 11. The summed E-state index contributed by atoms with van der Waals surface area (Å²) >= 11 is 0. The van der Waals surface area contributed by atoms with E-state index in [2.05, 4.69) is 25.4 Å². The van der Waals surface area contributed by atoms with E-state index in [0.29, 0.717) is 54.0 Å². The molecule has 0 spiro atoms. The first-order chi connectivity index (χ1) is 30.7. The summed E-state index contributed by atoms with van der Waals surface area (Å²) in [6, 6.07) is 12.5. The highest BCUT2D eigenvalue weighted by Crippen LogP contribution is 2.34. The number of nitrogens with one attached hydrogen (secondary N) is 2. The minimum Gasteiger partial charge on any atom is -0.483 e. The first kappa shape index (κ1) is 43.5. The number of fused-ring (bicyclic) bond motifs is 1. The molecule has 6 amide bonds. The van der Waals surface area contributed by atoms with Crippen LogP contribution in [-0.4, -0.2) is 143 Å². The number of ether oxygens (including phenoxy) is 1. The van der Waals surface area contributed by atoms with Crippen LogP contribution in [0.15, 0.2) is 67.1 Å². The lowest BCUT2D eigenvalue weighted by molar-refractivity contribution is -0.137. The molecule has 332 valence electrons. The van der Waals surface area contributed by atoms with Gasteiger partial charge in [0.25, 0.3) is 17.7 Å². The number of hydrogen-bond donors (Lipinski definition) is 2. The molecule has 0 aliphatic carbocycles. The molecule has 2 aromatic heterocycles. The number of imide groups is 1. The van der Waals surface area contributed by atoms with Crippen LogP contribution in [-0.2, 0) is 25.7 Å². The summed E-state index contributed by atoms with van der Waals surface area (Å²) in [6.45, 7) is 6.71. The van der Waals surface area contributed by atoms with Gasteiger partial charge in [0.05, 0.1) is 12.1 Å². The number of benzene rings is 1. The molecule has 2 N–H and O–H groups in total. The molecule has 63 heavy (non-hydrogen) atoms. The minimum atomic E-state index is -0.716. The van der Waals surface area contributed by atoms with E-state index in [1.54, 1.807) is 48.9 Å². The van der Waals surface area contributed by atoms with Gasteiger partial charge in [-0.2, -0.15) is 0 Å². The molecule has 1 atom stereocenters. The number of anilines is 1. The molecular weight excluding hydrogens is 803 g/mol. The van der Waals surface area contributed by atoms with Gasteiger partial charge in [-0.25, -0.2) is 4.98 Å². The zero-order valence-electron chi connectivity index (χ0n) is 35.8. The average Bonchev–Trinajstić information content (AvgIpc) is 3.66. The van der Waals surface area contributed by atoms with Crippen molar-refractivity contribution in [1.82, 2.24) is 40.2 Å². The van der Waals surface area contributed by atoms with Crippen LogP contribution < -0.4 is 20.3 Å². The van der Waals surface area contributed by atoms with Crippen LogP contribution in [0.2, 0.25) is 0 Å². The molecule has 0 bridgehead atoms. The van der Waals surface area contributed by atoms with Crippen LogP contribution in [0.3, 0.4) is 0 Å². The lowest BCUT2D eigenvalue weighted by Gasteiger charge is -2.43. The molecule has 4 saturated heterocycles. The topological polar surface area (TPSA) is 178 Å². The van der Waals surface area contributed by atoms with E-state index >= 15 is 0 Å². The third-order valence-corrected chi connectivity index (χ3v) is 13.2. The van der Waals surface area contributed by atoms with Crippen molar-refractivity contribution in [2.24, 2.45) is 5.92 Å². The van der Waals surface area contributed by atoms with Gasteiger partial charge < -0.3 is 29.7 Å². The standard InChI is InChI=1S/C47H57N9O7/c57-42(13-9-34-6-4-19-48-29-34)49-20-2-1-5-33-15-21-55(22-16-33)46(61)35-10-12-41(50-30-35)53-23-17-36(18-24-53)52-25-27-54(28-26-52)44(59)32-63-40-8-3-7-37-38(40)31-56(47(37)62)39-11-14-43(58)51-45(39)60/h3-4,6-10,12-13,19,29-30,33,36,39H,1-2,5,11,14-18,20-28,31-32H2,(H,49,57)(H,51,58,60)/b13-9+. The average molecular weight is 860 g/mol. The van der Waals surface area contributed by atoms with Gasteiger partial charge in [0.2, 0.25) is 17.7 Å². The van der Waals surface area contributed by atoms with Gasteiger partial charge in [-0.05, 0) is 86.4 Å². The lowest BCUT2D eigenvalue weighted by Crippen LogP contribution is -2.55. The summed E-state index contributed by atoms with van der Waals surface area (Å²) in [4.78, 5) is 94.8. The predicted molar refractivity (Wildman–Crippen MR) is 234 cm³/mol. The van der Waals surface area contributed by atoms with Crippen LogP contribution in [0.25, 0.3) is 6.08 Å². The molecule has 5 aliphatic heterocycles. The Kier molecular flexibility index (Phi) is 14.0. The number of nitrogens with zero attached hydrogens (tertiary/aromatic N) is 7. The summed E-state index contributed by atoms with van der Waals surface area (Å²) in [6.07, 6.45) is 15.9. The second kappa shape index (κ2) is 20.4. The summed E-state index contributed by atoms with van der Waals surface area (Å²) in [5.74, 6) is 0.682.